The van der Waals surface area contributed by atoms with Crippen LogP contribution < -0.4 is 4.57 Å². The van der Waals surface area contributed by atoms with Crippen LogP contribution in [-0.2, 0) is 7.05 Å². The molecule has 0 bridgehead atoms. The van der Waals surface area contributed by atoms with Gasteiger partial charge >= 0.3 is 33.0 Å². The van der Waals surface area contributed by atoms with Crippen molar-refractivity contribution in [2.24, 2.45) is 7.05 Å². The van der Waals surface area contributed by atoms with Crippen LogP contribution in [0.15, 0.2) is 31.4 Å². The van der Waals surface area contributed by atoms with Crippen LogP contribution >= 0.6 is 7.81 Å². The Labute approximate surface area is 88.8 Å². The number of aromatic amines is 1. The molecule has 0 radical (unpaired) electrons. The summed E-state index contributed by atoms with van der Waals surface area (Å²) in [7, 11) is -8.69. The summed E-state index contributed by atoms with van der Waals surface area (Å²) < 4.78 is 61.1. The molecule has 16 heavy (non-hydrogen) atoms. The third-order valence-corrected chi connectivity index (χ3v) is 0.684. The van der Waals surface area contributed by atoms with Gasteiger partial charge in [-0.3, -0.25) is 4.98 Å². The number of nitrogens with zero attached hydrogens (tertiary/aromatic N) is 1. The number of aromatic nitrogens is 2. The van der Waals surface area contributed by atoms with E-state index in [1.165, 1.54) is 0 Å². The number of allylic oxidation sites excluding steroid dienone is 1. The molecule has 0 unspecified atom stereocenters. The number of H-pyrrole nitrogens is 1. The van der Waals surface area contributed by atoms with E-state index in [-0.39, 0.29) is 0 Å². The van der Waals surface area contributed by atoms with Crippen molar-refractivity contribution >= 4 is 7.81 Å². The zero-order valence-electron chi connectivity index (χ0n) is 8.68. The normalized spacial score (nSPS) is 14.2. The van der Waals surface area contributed by atoms with Crippen molar-refractivity contribution in [1.82, 2.24) is 4.98 Å². The molecule has 0 aliphatic carbocycles. The molecule has 9 heteroatoms. The Morgan fingerprint density at radius 2 is 1.50 bits per heavy atom. The number of hydrogen-bond acceptors (Lipinski definition) is 0. The Hall–Kier alpha value is -1.04. The van der Waals surface area contributed by atoms with Crippen molar-refractivity contribution in [3.63, 3.8) is 0 Å². The molecule has 0 spiro atoms. The van der Waals surface area contributed by atoms with Gasteiger partial charge in [0.05, 0.1) is 7.05 Å². The molecule has 0 amide bonds. The summed E-state index contributed by atoms with van der Waals surface area (Å²) in [5.74, 6) is 0. The van der Waals surface area contributed by atoms with Gasteiger partial charge in [0.1, 0.15) is 12.4 Å². The summed E-state index contributed by atoms with van der Waals surface area (Å²) >= 11 is 0. The fourth-order valence-electron chi connectivity index (χ4n) is 0.364. The van der Waals surface area contributed by atoms with Crippen LogP contribution in [0.5, 0.6) is 0 Å². The van der Waals surface area contributed by atoms with Crippen molar-refractivity contribution in [2.75, 3.05) is 0 Å². The Morgan fingerprint density at radius 3 is 1.56 bits per heavy atom. The molecule has 0 aliphatic rings. The van der Waals surface area contributed by atoms with Crippen molar-refractivity contribution < 1.29 is 29.7 Å². The van der Waals surface area contributed by atoms with Gasteiger partial charge in [0.15, 0.2) is 0 Å². The van der Waals surface area contributed by atoms with Crippen molar-refractivity contribution in [1.29, 1.82) is 0 Å². The van der Waals surface area contributed by atoms with Crippen molar-refractivity contribution in [2.45, 2.75) is 6.92 Å². The van der Waals surface area contributed by atoms with E-state index in [0.717, 1.165) is 0 Å². The predicted octanol–water partition coefficient (Wildman–Crippen LogP) is 4.41. The van der Waals surface area contributed by atoms with Crippen LogP contribution in [0.2, 0.25) is 0 Å². The zero-order valence-corrected chi connectivity index (χ0v) is 9.57. The summed E-state index contributed by atoms with van der Waals surface area (Å²) in [5.41, 5.74) is 0. The maximum atomic E-state index is 9.87. The van der Waals surface area contributed by atoms with E-state index in [4.69, 9.17) is 0 Å². The molecule has 0 fully saturated rings. The first-order chi connectivity index (χ1) is 6.76. The topological polar surface area (TPSA) is 19.7 Å². The average Bonchev–Trinajstić information content (AvgIpc) is 2.33. The molecular formula is C7H13F6N2P. The van der Waals surface area contributed by atoms with Gasteiger partial charge in [-0.05, 0) is 6.92 Å². The molecule has 2 nitrogen and oxygen atoms in total. The number of rotatable bonds is 0. The first kappa shape index (κ1) is 17.4. The van der Waals surface area contributed by atoms with E-state index in [9.17, 15) is 25.2 Å². The van der Waals surface area contributed by atoms with Crippen molar-refractivity contribution in [3.8, 4) is 0 Å². The van der Waals surface area contributed by atoms with Crippen LogP contribution in [0.1, 0.15) is 6.92 Å². The molecule has 1 aromatic rings. The van der Waals surface area contributed by atoms with Crippen molar-refractivity contribution in [3.05, 3.63) is 31.4 Å². The van der Waals surface area contributed by atoms with E-state index >= 15 is 0 Å². The first-order valence-electron chi connectivity index (χ1n) is 3.87. The van der Waals surface area contributed by atoms with E-state index in [2.05, 4.69) is 11.6 Å². The summed E-state index contributed by atoms with van der Waals surface area (Å²) in [6.07, 6.45) is 7.44. The predicted molar refractivity (Wildman–Crippen MR) is 51.4 cm³/mol. The summed E-state index contributed by atoms with van der Waals surface area (Å²) in [6, 6.07) is 0. The molecule has 1 heterocycles. The first-order valence-corrected chi connectivity index (χ1v) is 5.90. The van der Waals surface area contributed by atoms with Crippen LogP contribution in [0.3, 0.4) is 0 Å². The van der Waals surface area contributed by atoms with Crippen LogP contribution in [0.25, 0.3) is 0 Å². The second-order valence-electron chi connectivity index (χ2n) is 2.64. The molecule has 0 saturated heterocycles. The van der Waals surface area contributed by atoms with Gasteiger partial charge < -0.3 is 0 Å². The Balaban J connectivity index is 0. The Morgan fingerprint density at radius 1 is 1.19 bits per heavy atom. The van der Waals surface area contributed by atoms with E-state index in [1.807, 2.05) is 37.3 Å². The molecule has 0 aromatic carbocycles. The number of nitrogens with one attached hydrogen (secondary N) is 1. The molecule has 0 aliphatic heterocycles. The van der Waals surface area contributed by atoms with Crippen LogP contribution in [0.4, 0.5) is 25.2 Å². The standard InChI is InChI=1S/C4H6N2.C3H6.F6P/c1-6-3-2-5-4-6;1-3-2;1-7(2,3,4,5)6/h2-4H,1H3;3H,1H2,2H3;/q;;-1/p+1. The third kappa shape index (κ3) is 52.2. The van der Waals surface area contributed by atoms with Gasteiger partial charge in [-0.2, -0.15) is 0 Å². The van der Waals surface area contributed by atoms with Gasteiger partial charge in [-0.15, -0.1) is 6.58 Å². The molecule has 98 valence electrons. The van der Waals surface area contributed by atoms with Gasteiger partial charge in [0.25, 0.3) is 0 Å². The summed E-state index contributed by atoms with van der Waals surface area (Å²) in [6.45, 7) is 5.25. The van der Waals surface area contributed by atoms with Gasteiger partial charge in [-0.25, -0.2) is 4.57 Å². The fraction of sp³-hybridized carbons (Fsp3) is 0.286. The summed E-state index contributed by atoms with van der Waals surface area (Å²) in [4.78, 5) is 2.89. The third-order valence-electron chi connectivity index (χ3n) is 0.684. The molecule has 0 atom stereocenters. The van der Waals surface area contributed by atoms with Gasteiger partial charge in [-0.1, -0.05) is 6.08 Å². The average molecular weight is 270 g/mol. The summed E-state index contributed by atoms with van der Waals surface area (Å²) in [5, 5.41) is 0. The number of imidazole rings is 1. The number of aryl methyl sites for hydroxylation is 1. The Bertz CT molecular complexity index is 288. The Kier molecular flexibility index (Phi) is 5.27. The minimum atomic E-state index is -10.7. The maximum absolute atomic E-state index is 10.7. The molecular weight excluding hydrogens is 257 g/mol. The minimum absolute atomic E-state index is 1.75. The molecule has 1 rings (SSSR count). The SMILES string of the molecule is C=CC.C[n+]1cc[nH]c1.F[P-](F)(F)(F)(F)F. The molecule has 0 saturated carbocycles. The monoisotopic (exact) mass is 270 g/mol. The molecule has 1 N–H and O–H groups in total. The van der Waals surface area contributed by atoms with Gasteiger partial charge in [0, 0.05) is 0 Å². The molecule has 1 aromatic heterocycles. The van der Waals surface area contributed by atoms with E-state index < -0.39 is 7.81 Å². The van der Waals surface area contributed by atoms with E-state index in [1.54, 1.807) is 6.08 Å². The van der Waals surface area contributed by atoms with E-state index in [0.29, 0.717) is 0 Å². The fourth-order valence-corrected chi connectivity index (χ4v) is 0.364. The van der Waals surface area contributed by atoms with Gasteiger partial charge in [0.2, 0.25) is 6.33 Å². The number of halogens is 6. The zero-order chi connectivity index (χ0) is 13.5. The van der Waals surface area contributed by atoms with Crippen LogP contribution in [0, 0.1) is 0 Å². The number of hydrogen-bond donors (Lipinski definition) is 1. The van der Waals surface area contributed by atoms with Crippen LogP contribution in [-0.4, -0.2) is 4.98 Å². The quantitative estimate of drug-likeness (QED) is 0.312. The second-order valence-corrected chi connectivity index (χ2v) is 4.56. The second kappa shape index (κ2) is 4.86.